The molecule has 0 rings (SSSR count). The zero-order valence-electron chi connectivity index (χ0n) is 26.7. The maximum atomic E-state index is 5.65. The van der Waals surface area contributed by atoms with Crippen molar-refractivity contribution in [2.45, 2.75) is 64.7 Å². The van der Waals surface area contributed by atoms with E-state index in [1.165, 1.54) is 38.5 Å². The molecule has 0 atom stereocenters. The molecule has 0 aliphatic heterocycles. The van der Waals surface area contributed by atoms with Gasteiger partial charge in [-0.05, 0) is 19.3 Å². The van der Waals surface area contributed by atoms with Crippen molar-refractivity contribution < 1.29 is 47.4 Å². The van der Waals surface area contributed by atoms with Crippen LogP contribution in [0.25, 0.3) is 0 Å². The lowest BCUT2D eigenvalue weighted by molar-refractivity contribution is -0.0264. The van der Waals surface area contributed by atoms with E-state index in [9.17, 15) is 0 Å². The fraction of sp³-hybridized carbons (Fsp3) is 1.00. The maximum absolute atomic E-state index is 5.65. The van der Waals surface area contributed by atoms with Crippen molar-refractivity contribution in [3.8, 4) is 0 Å². The molecule has 0 radical (unpaired) electrons. The third-order valence-electron chi connectivity index (χ3n) is 5.91. The smallest absolute Gasteiger partial charge is 0.0701 e. The molecule has 0 aliphatic rings. The average molecular weight is 631 g/mol. The van der Waals surface area contributed by atoms with Gasteiger partial charge in [0.25, 0.3) is 0 Å². The van der Waals surface area contributed by atoms with Crippen LogP contribution >= 0.6 is 11.6 Å². The van der Waals surface area contributed by atoms with Crippen LogP contribution in [-0.2, 0) is 47.4 Å². The Kier molecular flexibility index (Phi) is 40.8. The summed E-state index contributed by atoms with van der Waals surface area (Å²) in [5.41, 5.74) is 0. The monoisotopic (exact) mass is 630 g/mol. The quantitative estimate of drug-likeness (QED) is 0.0688. The van der Waals surface area contributed by atoms with Gasteiger partial charge in [0.15, 0.2) is 0 Å². The first-order valence-electron chi connectivity index (χ1n) is 16.2. The summed E-state index contributed by atoms with van der Waals surface area (Å²) >= 11 is 5.65. The fourth-order valence-electron chi connectivity index (χ4n) is 3.54. The molecule has 0 aliphatic carbocycles. The van der Waals surface area contributed by atoms with Crippen LogP contribution in [0.3, 0.4) is 0 Å². The first-order valence-corrected chi connectivity index (χ1v) is 16.8. The van der Waals surface area contributed by atoms with Crippen LogP contribution in [0.2, 0.25) is 0 Å². The number of hydrogen-bond donors (Lipinski definition) is 0. The Balaban J connectivity index is 3.02. The molecule has 0 amide bonds. The van der Waals surface area contributed by atoms with Crippen molar-refractivity contribution in [1.29, 1.82) is 0 Å². The van der Waals surface area contributed by atoms with Crippen molar-refractivity contribution in [2.75, 3.05) is 138 Å². The van der Waals surface area contributed by atoms with E-state index in [0.29, 0.717) is 119 Å². The predicted molar refractivity (Wildman–Crippen MR) is 166 cm³/mol. The van der Waals surface area contributed by atoms with Crippen LogP contribution in [0.15, 0.2) is 0 Å². The zero-order chi connectivity index (χ0) is 30.3. The minimum Gasteiger partial charge on any atom is -0.379 e. The van der Waals surface area contributed by atoms with Crippen LogP contribution in [0, 0.1) is 0 Å². The Hall–Kier alpha value is -0.110. The second-order valence-corrected chi connectivity index (χ2v) is 10.0. The van der Waals surface area contributed by atoms with Crippen LogP contribution in [0.1, 0.15) is 64.7 Å². The number of ether oxygens (including phenoxy) is 10. The molecule has 0 aromatic heterocycles. The van der Waals surface area contributed by atoms with Gasteiger partial charge in [-0.2, -0.15) is 0 Å². The van der Waals surface area contributed by atoms with Gasteiger partial charge in [0, 0.05) is 19.1 Å². The second-order valence-electron chi connectivity index (χ2n) is 9.64. The van der Waals surface area contributed by atoms with E-state index in [2.05, 4.69) is 6.92 Å². The van der Waals surface area contributed by atoms with Gasteiger partial charge in [-0.15, -0.1) is 11.6 Å². The largest absolute Gasteiger partial charge is 0.379 e. The average Bonchev–Trinajstić information content (AvgIpc) is 3.00. The normalized spacial score (nSPS) is 11.6. The molecular formula is C31H63ClO10. The van der Waals surface area contributed by atoms with Gasteiger partial charge in [-0.25, -0.2) is 0 Å². The summed E-state index contributed by atoms with van der Waals surface area (Å²) in [4.78, 5) is 0. The maximum Gasteiger partial charge on any atom is 0.0701 e. The number of hydrogen-bond acceptors (Lipinski definition) is 10. The molecule has 0 fully saturated rings. The van der Waals surface area contributed by atoms with Gasteiger partial charge in [0.05, 0.1) is 119 Å². The molecule has 0 N–H and O–H groups in total. The van der Waals surface area contributed by atoms with Crippen molar-refractivity contribution in [1.82, 2.24) is 0 Å². The summed E-state index contributed by atoms with van der Waals surface area (Å²) in [7, 11) is 0. The van der Waals surface area contributed by atoms with Crippen LogP contribution in [-0.4, -0.2) is 138 Å². The van der Waals surface area contributed by atoms with Gasteiger partial charge >= 0.3 is 0 Å². The number of halogens is 1. The summed E-state index contributed by atoms with van der Waals surface area (Å²) < 4.78 is 55.0. The molecule has 0 saturated carbocycles. The highest BCUT2D eigenvalue weighted by molar-refractivity contribution is 6.17. The summed E-state index contributed by atoms with van der Waals surface area (Å²) in [6.07, 6.45) is 10.8. The van der Waals surface area contributed by atoms with Gasteiger partial charge < -0.3 is 47.4 Å². The first-order chi connectivity index (χ1) is 20.9. The second kappa shape index (κ2) is 40.9. The molecular weight excluding hydrogens is 568 g/mol. The van der Waals surface area contributed by atoms with Crippen molar-refractivity contribution in [3.63, 3.8) is 0 Å². The van der Waals surface area contributed by atoms with Gasteiger partial charge in [-0.3, -0.25) is 0 Å². The van der Waals surface area contributed by atoms with E-state index >= 15 is 0 Å². The lowest BCUT2D eigenvalue weighted by Gasteiger charge is -2.09. The zero-order valence-corrected chi connectivity index (χ0v) is 27.4. The molecule has 0 spiro atoms. The SMILES string of the molecule is CCCCCCCOCCOCCOCCOCCOCCOCCOCCOCCOCCOCCCCCCCl. The molecule has 0 bridgehead atoms. The van der Waals surface area contributed by atoms with E-state index in [4.69, 9.17) is 59.0 Å². The van der Waals surface area contributed by atoms with Crippen LogP contribution in [0.4, 0.5) is 0 Å². The molecule has 11 heteroatoms. The summed E-state index contributed by atoms with van der Waals surface area (Å²) in [5, 5.41) is 0. The Morgan fingerprint density at radius 3 is 0.714 bits per heavy atom. The van der Waals surface area contributed by atoms with E-state index in [1.807, 2.05) is 0 Å². The summed E-state index contributed by atoms with van der Waals surface area (Å²) in [5.74, 6) is 0.747. The van der Waals surface area contributed by atoms with E-state index in [-0.39, 0.29) is 0 Å². The molecule has 0 aromatic carbocycles. The summed E-state index contributed by atoms with van der Waals surface area (Å²) in [6.45, 7) is 13.9. The van der Waals surface area contributed by atoms with Crippen LogP contribution < -0.4 is 0 Å². The molecule has 0 heterocycles. The highest BCUT2D eigenvalue weighted by Crippen LogP contribution is 2.02. The van der Waals surface area contributed by atoms with Gasteiger partial charge in [0.1, 0.15) is 0 Å². The topological polar surface area (TPSA) is 92.3 Å². The molecule has 42 heavy (non-hydrogen) atoms. The molecule has 254 valence electrons. The van der Waals surface area contributed by atoms with Crippen molar-refractivity contribution >= 4 is 11.6 Å². The van der Waals surface area contributed by atoms with Crippen LogP contribution in [0.5, 0.6) is 0 Å². The summed E-state index contributed by atoms with van der Waals surface area (Å²) in [6, 6.07) is 0. The highest BCUT2D eigenvalue weighted by Gasteiger charge is 1.97. The Labute approximate surface area is 261 Å². The lowest BCUT2D eigenvalue weighted by atomic mass is 10.2. The third kappa shape index (κ3) is 39.9. The standard InChI is InChI=1S/C31H63ClO10/c1-2-3-4-6-9-12-33-14-16-35-18-20-37-22-24-39-26-28-41-30-31-42-29-27-40-25-23-38-21-19-36-17-15-34-13-10-7-5-8-11-32/h2-31H2,1H3. The number of rotatable bonds is 39. The fourth-order valence-corrected chi connectivity index (χ4v) is 3.73. The van der Waals surface area contributed by atoms with Crippen molar-refractivity contribution in [2.24, 2.45) is 0 Å². The third-order valence-corrected chi connectivity index (χ3v) is 6.18. The highest BCUT2D eigenvalue weighted by atomic mass is 35.5. The minimum absolute atomic E-state index is 0.530. The minimum atomic E-state index is 0.530. The molecule has 0 unspecified atom stereocenters. The Bertz CT molecular complexity index is 425. The van der Waals surface area contributed by atoms with E-state index in [1.54, 1.807) is 0 Å². The van der Waals surface area contributed by atoms with E-state index < -0.39 is 0 Å². The molecule has 0 saturated heterocycles. The predicted octanol–water partition coefficient (Wildman–Crippen LogP) is 4.92. The number of unbranched alkanes of at least 4 members (excludes halogenated alkanes) is 7. The lowest BCUT2D eigenvalue weighted by Crippen LogP contribution is -2.15. The van der Waals surface area contributed by atoms with Crippen molar-refractivity contribution in [3.05, 3.63) is 0 Å². The first kappa shape index (κ1) is 41.9. The van der Waals surface area contributed by atoms with Gasteiger partial charge in [0.2, 0.25) is 0 Å². The molecule has 10 nitrogen and oxygen atoms in total. The molecule has 0 aromatic rings. The number of alkyl halides is 1. The Morgan fingerprint density at radius 2 is 0.476 bits per heavy atom. The van der Waals surface area contributed by atoms with Gasteiger partial charge in [-0.1, -0.05) is 45.4 Å². The Morgan fingerprint density at radius 1 is 0.262 bits per heavy atom. The van der Waals surface area contributed by atoms with E-state index in [0.717, 1.165) is 38.4 Å².